The summed E-state index contributed by atoms with van der Waals surface area (Å²) in [5.74, 6) is 2.65. The number of hydrogen-bond donors (Lipinski definition) is 0. The zero-order valence-electron chi connectivity index (χ0n) is 4.72. The maximum absolute atomic E-state index is 12.6. The first kappa shape index (κ1) is 4.73. The van der Waals surface area contributed by atoms with E-state index < -0.39 is 0 Å². The van der Waals surface area contributed by atoms with Gasteiger partial charge in [-0.15, -0.1) is 11.6 Å². The van der Waals surface area contributed by atoms with Gasteiger partial charge in [0.25, 0.3) is 0 Å². The Labute approximate surface area is 57.7 Å². The molecule has 0 nitrogen and oxygen atoms in total. The standard InChI is InChI=1S/C7H6ClF/c8-7-3(9)1-2-4-5(2)6(4)7/h1-2,4-7H/t2?,4-,5?,6?,7+/m1/s1. The van der Waals surface area contributed by atoms with Gasteiger partial charge in [0.05, 0.1) is 5.38 Å². The van der Waals surface area contributed by atoms with E-state index in [4.69, 9.17) is 11.6 Å². The fourth-order valence-corrected chi connectivity index (χ4v) is 2.62. The Morgan fingerprint density at radius 3 is 2.44 bits per heavy atom. The molecule has 48 valence electrons. The minimum absolute atomic E-state index is 0.0725. The maximum Gasteiger partial charge on any atom is 0.114 e. The Hall–Kier alpha value is -0.0400. The molecule has 2 saturated carbocycles. The van der Waals surface area contributed by atoms with Crippen LogP contribution in [0.4, 0.5) is 4.39 Å². The van der Waals surface area contributed by atoms with Crippen LogP contribution in [0.5, 0.6) is 0 Å². The van der Waals surface area contributed by atoms with Crippen molar-refractivity contribution in [1.29, 1.82) is 0 Å². The highest BCUT2D eigenvalue weighted by atomic mass is 35.5. The molecule has 0 aromatic rings. The van der Waals surface area contributed by atoms with Gasteiger partial charge >= 0.3 is 0 Å². The molecule has 0 amide bonds. The SMILES string of the molecule is FC1=CC2C3C([C@H]23)[C@H]1Cl. The Kier molecular flexibility index (Phi) is 0.563. The summed E-state index contributed by atoms with van der Waals surface area (Å²) >= 11 is 5.73. The molecule has 3 unspecified atom stereocenters. The molecule has 2 heteroatoms. The Balaban J connectivity index is 2.04. The van der Waals surface area contributed by atoms with Gasteiger partial charge in [-0.1, -0.05) is 0 Å². The monoisotopic (exact) mass is 144 g/mol. The number of hydrogen-bond acceptors (Lipinski definition) is 0. The number of halogens is 2. The third-order valence-electron chi connectivity index (χ3n) is 2.89. The lowest BCUT2D eigenvalue weighted by atomic mass is 9.94. The third kappa shape index (κ3) is 0.362. The van der Waals surface area contributed by atoms with E-state index in [-0.39, 0.29) is 11.2 Å². The van der Waals surface area contributed by atoms with Gasteiger partial charge in [0.2, 0.25) is 0 Å². The third-order valence-corrected chi connectivity index (χ3v) is 3.39. The van der Waals surface area contributed by atoms with Crippen molar-refractivity contribution in [3.63, 3.8) is 0 Å². The quantitative estimate of drug-likeness (QED) is 0.456. The van der Waals surface area contributed by atoms with Gasteiger partial charge < -0.3 is 0 Å². The number of fused-ring (bicyclic) bond motifs is 1. The van der Waals surface area contributed by atoms with Crippen molar-refractivity contribution in [3.8, 4) is 0 Å². The van der Waals surface area contributed by atoms with Crippen LogP contribution in [-0.2, 0) is 0 Å². The fourth-order valence-electron chi connectivity index (χ4n) is 2.21. The van der Waals surface area contributed by atoms with E-state index in [9.17, 15) is 4.39 Å². The van der Waals surface area contributed by atoms with Crippen LogP contribution in [0, 0.1) is 23.7 Å². The molecule has 0 aliphatic heterocycles. The molecule has 4 aliphatic rings. The molecule has 5 atom stereocenters. The van der Waals surface area contributed by atoms with E-state index in [2.05, 4.69) is 0 Å². The van der Waals surface area contributed by atoms with Crippen LogP contribution in [0.25, 0.3) is 0 Å². The number of allylic oxidation sites excluding steroid dienone is 2. The number of alkyl halides is 1. The Morgan fingerprint density at radius 2 is 2.00 bits per heavy atom. The highest BCUT2D eigenvalue weighted by molar-refractivity contribution is 6.23. The topological polar surface area (TPSA) is 0 Å². The predicted molar refractivity (Wildman–Crippen MR) is 32.8 cm³/mol. The molecule has 0 saturated heterocycles. The van der Waals surface area contributed by atoms with Crippen LogP contribution in [0.1, 0.15) is 0 Å². The first-order chi connectivity index (χ1) is 4.30. The van der Waals surface area contributed by atoms with Crippen LogP contribution < -0.4 is 0 Å². The van der Waals surface area contributed by atoms with Crippen LogP contribution >= 0.6 is 11.6 Å². The minimum Gasteiger partial charge on any atom is -0.211 e. The summed E-state index contributed by atoms with van der Waals surface area (Å²) in [5.41, 5.74) is 0. The molecule has 0 N–H and O–H groups in total. The van der Waals surface area contributed by atoms with Gasteiger partial charge in [-0.3, -0.25) is 0 Å². The second-order valence-electron chi connectivity index (χ2n) is 3.26. The molecule has 4 aliphatic carbocycles. The smallest absolute Gasteiger partial charge is 0.114 e. The van der Waals surface area contributed by atoms with E-state index in [0.717, 1.165) is 11.8 Å². The summed E-state index contributed by atoms with van der Waals surface area (Å²) in [6, 6.07) is 0. The molecule has 0 aromatic carbocycles. The number of rotatable bonds is 0. The summed E-state index contributed by atoms with van der Waals surface area (Å²) in [4.78, 5) is 0. The molecule has 2 bridgehead atoms. The first-order valence-electron chi connectivity index (χ1n) is 3.32. The van der Waals surface area contributed by atoms with Gasteiger partial charge in [0.1, 0.15) is 5.83 Å². The van der Waals surface area contributed by atoms with Crippen molar-refractivity contribution < 1.29 is 4.39 Å². The van der Waals surface area contributed by atoms with Gasteiger partial charge in [-0.25, -0.2) is 4.39 Å². The summed E-state index contributed by atoms with van der Waals surface area (Å²) in [6.07, 6.45) is 1.72. The Morgan fingerprint density at radius 1 is 1.33 bits per heavy atom. The van der Waals surface area contributed by atoms with E-state index in [1.165, 1.54) is 0 Å². The lowest BCUT2D eigenvalue weighted by Gasteiger charge is -2.19. The van der Waals surface area contributed by atoms with Crippen molar-refractivity contribution in [1.82, 2.24) is 0 Å². The summed E-state index contributed by atoms with van der Waals surface area (Å²) in [5, 5.41) is -0.259. The minimum atomic E-state index is -0.259. The van der Waals surface area contributed by atoms with Crippen LogP contribution in [0.15, 0.2) is 11.9 Å². The zero-order valence-corrected chi connectivity index (χ0v) is 5.48. The average Bonchev–Trinajstić information content (AvgIpc) is 2.61. The lowest BCUT2D eigenvalue weighted by molar-refractivity contribution is 0.432. The van der Waals surface area contributed by atoms with Gasteiger partial charge in [-0.05, 0) is 29.7 Å². The van der Waals surface area contributed by atoms with Crippen molar-refractivity contribution >= 4 is 11.6 Å². The van der Waals surface area contributed by atoms with Gasteiger partial charge in [-0.2, -0.15) is 0 Å². The van der Waals surface area contributed by atoms with Crippen molar-refractivity contribution in [2.24, 2.45) is 23.7 Å². The van der Waals surface area contributed by atoms with E-state index in [1.54, 1.807) is 6.08 Å². The second-order valence-corrected chi connectivity index (χ2v) is 3.73. The predicted octanol–water partition coefficient (Wildman–Crippen LogP) is 1.95. The molecule has 4 rings (SSSR count). The largest absolute Gasteiger partial charge is 0.211 e. The van der Waals surface area contributed by atoms with Crippen LogP contribution in [0.2, 0.25) is 0 Å². The van der Waals surface area contributed by atoms with Gasteiger partial charge in [0.15, 0.2) is 0 Å². The zero-order chi connectivity index (χ0) is 6.17. The molecule has 0 spiro atoms. The van der Waals surface area contributed by atoms with Crippen LogP contribution in [0.3, 0.4) is 0 Å². The van der Waals surface area contributed by atoms with Gasteiger partial charge in [0, 0.05) is 0 Å². The Bertz CT molecular complexity index is 201. The normalized spacial score (nSPS) is 66.4. The first-order valence-corrected chi connectivity index (χ1v) is 3.75. The van der Waals surface area contributed by atoms with E-state index in [0.29, 0.717) is 11.8 Å². The molecular weight excluding hydrogens is 139 g/mol. The molecule has 0 radical (unpaired) electrons. The molecule has 9 heavy (non-hydrogen) atoms. The molecular formula is C7H6ClF. The lowest BCUT2D eigenvalue weighted by Crippen LogP contribution is -2.18. The van der Waals surface area contributed by atoms with E-state index in [1.807, 2.05) is 0 Å². The molecule has 0 heterocycles. The summed E-state index contributed by atoms with van der Waals surface area (Å²) in [6.45, 7) is 0. The highest BCUT2D eigenvalue weighted by Gasteiger charge is 2.76. The summed E-state index contributed by atoms with van der Waals surface area (Å²) < 4.78 is 12.6. The average molecular weight is 145 g/mol. The van der Waals surface area contributed by atoms with Crippen LogP contribution in [-0.4, -0.2) is 5.38 Å². The second kappa shape index (κ2) is 1.07. The fraction of sp³-hybridized carbons (Fsp3) is 0.714. The highest BCUT2D eigenvalue weighted by Crippen LogP contribution is 2.78. The summed E-state index contributed by atoms with van der Waals surface area (Å²) in [7, 11) is 0. The van der Waals surface area contributed by atoms with Crippen molar-refractivity contribution in [3.05, 3.63) is 11.9 Å². The molecule has 0 aromatic heterocycles. The van der Waals surface area contributed by atoms with E-state index >= 15 is 0 Å². The van der Waals surface area contributed by atoms with Crippen molar-refractivity contribution in [2.45, 2.75) is 5.38 Å². The molecule has 2 fully saturated rings. The maximum atomic E-state index is 12.6. The van der Waals surface area contributed by atoms with Crippen molar-refractivity contribution in [2.75, 3.05) is 0 Å².